The standard InChI is InChI=1S/C21H21N3O2/c1-26-18-8-6-16(7-9-18)20-14-17-4-2-3-5-19(17)21(22-20)24-12-10-23(15-25)11-13-24/h2-9,14-15H,10-13H2,1H3. The molecule has 1 saturated heterocycles. The van der Waals surface area contributed by atoms with Gasteiger partial charge in [-0.25, -0.2) is 4.98 Å². The molecule has 0 spiro atoms. The Kier molecular flexibility index (Phi) is 4.44. The Morgan fingerprint density at radius 3 is 2.42 bits per heavy atom. The summed E-state index contributed by atoms with van der Waals surface area (Å²) in [6.07, 6.45) is 0.927. The van der Waals surface area contributed by atoms with E-state index in [1.54, 1.807) is 7.11 Å². The Bertz CT molecular complexity index is 916. The molecule has 1 amide bonds. The fourth-order valence-corrected chi connectivity index (χ4v) is 3.37. The van der Waals surface area contributed by atoms with E-state index >= 15 is 0 Å². The molecule has 26 heavy (non-hydrogen) atoms. The summed E-state index contributed by atoms with van der Waals surface area (Å²) in [7, 11) is 1.67. The van der Waals surface area contributed by atoms with Crippen LogP contribution in [-0.4, -0.2) is 49.6 Å². The van der Waals surface area contributed by atoms with Crippen LogP contribution in [0.5, 0.6) is 5.75 Å². The third-order valence-corrected chi connectivity index (χ3v) is 4.87. The first-order chi connectivity index (χ1) is 12.8. The largest absolute Gasteiger partial charge is 0.497 e. The smallest absolute Gasteiger partial charge is 0.209 e. The summed E-state index contributed by atoms with van der Waals surface area (Å²) in [6.45, 7) is 3.04. The molecule has 0 unspecified atom stereocenters. The van der Waals surface area contributed by atoms with Gasteiger partial charge in [0.1, 0.15) is 11.6 Å². The minimum Gasteiger partial charge on any atom is -0.497 e. The number of pyridine rings is 1. The first-order valence-corrected chi connectivity index (χ1v) is 8.77. The number of amides is 1. The van der Waals surface area contributed by atoms with Gasteiger partial charge < -0.3 is 14.5 Å². The highest BCUT2D eigenvalue weighted by Crippen LogP contribution is 2.31. The van der Waals surface area contributed by atoms with Gasteiger partial charge in [-0.1, -0.05) is 24.3 Å². The number of rotatable bonds is 4. The number of aromatic nitrogens is 1. The van der Waals surface area contributed by atoms with Crippen molar-refractivity contribution in [3.63, 3.8) is 0 Å². The van der Waals surface area contributed by atoms with E-state index in [2.05, 4.69) is 23.1 Å². The van der Waals surface area contributed by atoms with Crippen molar-refractivity contribution in [3.05, 3.63) is 54.6 Å². The minimum atomic E-state index is 0.728. The van der Waals surface area contributed by atoms with Crippen LogP contribution in [0.1, 0.15) is 0 Å². The number of ether oxygens (including phenoxy) is 1. The molecule has 2 heterocycles. The van der Waals surface area contributed by atoms with Crippen molar-refractivity contribution >= 4 is 23.0 Å². The maximum absolute atomic E-state index is 11.0. The fourth-order valence-electron chi connectivity index (χ4n) is 3.37. The lowest BCUT2D eigenvalue weighted by molar-refractivity contribution is -0.118. The molecule has 0 bridgehead atoms. The highest BCUT2D eigenvalue weighted by atomic mass is 16.5. The maximum Gasteiger partial charge on any atom is 0.209 e. The van der Waals surface area contributed by atoms with Gasteiger partial charge in [-0.15, -0.1) is 0 Å². The lowest BCUT2D eigenvalue weighted by Crippen LogP contribution is -2.46. The Morgan fingerprint density at radius 2 is 1.73 bits per heavy atom. The van der Waals surface area contributed by atoms with Crippen LogP contribution >= 0.6 is 0 Å². The molecule has 0 radical (unpaired) electrons. The van der Waals surface area contributed by atoms with Gasteiger partial charge in [0.2, 0.25) is 6.41 Å². The molecule has 0 N–H and O–H groups in total. The summed E-state index contributed by atoms with van der Waals surface area (Å²) in [5.41, 5.74) is 2.00. The normalized spacial score (nSPS) is 14.5. The van der Waals surface area contributed by atoms with E-state index in [0.717, 1.165) is 60.8 Å². The zero-order valence-electron chi connectivity index (χ0n) is 14.8. The van der Waals surface area contributed by atoms with Gasteiger partial charge in [0.05, 0.1) is 12.8 Å². The fraction of sp³-hybridized carbons (Fsp3) is 0.238. The van der Waals surface area contributed by atoms with E-state index in [0.29, 0.717) is 0 Å². The summed E-state index contributed by atoms with van der Waals surface area (Å²) >= 11 is 0. The number of hydrogen-bond donors (Lipinski definition) is 0. The van der Waals surface area contributed by atoms with E-state index in [1.807, 2.05) is 41.3 Å². The molecule has 5 heteroatoms. The number of nitrogens with zero attached hydrogens (tertiary/aromatic N) is 3. The molecular weight excluding hydrogens is 326 g/mol. The van der Waals surface area contributed by atoms with Crippen LogP contribution in [0, 0.1) is 0 Å². The SMILES string of the molecule is COc1ccc(-c2cc3ccccc3c(N3CCN(C=O)CC3)n2)cc1. The third kappa shape index (κ3) is 3.08. The van der Waals surface area contributed by atoms with Crippen molar-refractivity contribution < 1.29 is 9.53 Å². The first kappa shape index (κ1) is 16.4. The Morgan fingerprint density at radius 1 is 1.00 bits per heavy atom. The summed E-state index contributed by atoms with van der Waals surface area (Å²) < 4.78 is 5.25. The molecule has 1 aromatic heterocycles. The second kappa shape index (κ2) is 7.04. The third-order valence-electron chi connectivity index (χ3n) is 4.87. The van der Waals surface area contributed by atoms with E-state index in [4.69, 9.17) is 9.72 Å². The molecule has 0 aliphatic carbocycles. The van der Waals surface area contributed by atoms with Crippen LogP contribution in [0.3, 0.4) is 0 Å². The Hall–Kier alpha value is -3.08. The molecule has 0 saturated carbocycles. The van der Waals surface area contributed by atoms with Gasteiger partial charge >= 0.3 is 0 Å². The van der Waals surface area contributed by atoms with Gasteiger partial charge in [0.25, 0.3) is 0 Å². The molecular formula is C21H21N3O2. The van der Waals surface area contributed by atoms with Gasteiger partial charge in [0.15, 0.2) is 0 Å². The van der Waals surface area contributed by atoms with Crippen molar-refractivity contribution in [3.8, 4) is 17.0 Å². The van der Waals surface area contributed by atoms with Crippen molar-refractivity contribution in [1.29, 1.82) is 0 Å². The lowest BCUT2D eigenvalue weighted by atomic mass is 10.1. The Labute approximate surface area is 152 Å². The van der Waals surface area contributed by atoms with Gasteiger partial charge in [-0.2, -0.15) is 0 Å². The summed E-state index contributed by atoms with van der Waals surface area (Å²) in [5, 5.41) is 2.31. The lowest BCUT2D eigenvalue weighted by Gasteiger charge is -2.34. The summed E-state index contributed by atoms with van der Waals surface area (Å²) in [5.74, 6) is 1.82. The molecule has 1 fully saturated rings. The van der Waals surface area contributed by atoms with Crippen LogP contribution < -0.4 is 9.64 Å². The number of carbonyl (C=O) groups excluding carboxylic acids is 1. The monoisotopic (exact) mass is 347 g/mol. The number of hydrogen-bond acceptors (Lipinski definition) is 4. The number of anilines is 1. The number of methoxy groups -OCH3 is 1. The highest BCUT2D eigenvalue weighted by molar-refractivity contribution is 5.95. The van der Waals surface area contributed by atoms with Crippen molar-refractivity contribution in [2.45, 2.75) is 0 Å². The van der Waals surface area contributed by atoms with Gasteiger partial charge in [0, 0.05) is 37.1 Å². The number of fused-ring (bicyclic) bond motifs is 1. The molecule has 132 valence electrons. The van der Waals surface area contributed by atoms with E-state index in [-0.39, 0.29) is 0 Å². The quantitative estimate of drug-likeness (QED) is 0.680. The molecule has 3 aromatic rings. The average molecular weight is 347 g/mol. The van der Waals surface area contributed by atoms with E-state index < -0.39 is 0 Å². The topological polar surface area (TPSA) is 45.7 Å². The van der Waals surface area contributed by atoms with Crippen LogP contribution in [0.25, 0.3) is 22.0 Å². The second-order valence-corrected chi connectivity index (χ2v) is 6.41. The van der Waals surface area contributed by atoms with Crippen LogP contribution in [0.4, 0.5) is 5.82 Å². The van der Waals surface area contributed by atoms with E-state index in [1.165, 1.54) is 5.39 Å². The highest BCUT2D eigenvalue weighted by Gasteiger charge is 2.19. The molecule has 1 aliphatic rings. The first-order valence-electron chi connectivity index (χ1n) is 8.77. The molecule has 0 atom stereocenters. The number of benzene rings is 2. The number of carbonyl (C=O) groups is 1. The second-order valence-electron chi connectivity index (χ2n) is 6.41. The summed E-state index contributed by atoms with van der Waals surface area (Å²) in [4.78, 5) is 20.1. The van der Waals surface area contributed by atoms with Crippen molar-refractivity contribution in [2.24, 2.45) is 0 Å². The molecule has 2 aromatic carbocycles. The summed E-state index contributed by atoms with van der Waals surface area (Å²) in [6, 6.07) is 18.4. The molecule has 5 nitrogen and oxygen atoms in total. The maximum atomic E-state index is 11.0. The van der Waals surface area contributed by atoms with Crippen LogP contribution in [0.15, 0.2) is 54.6 Å². The van der Waals surface area contributed by atoms with E-state index in [9.17, 15) is 4.79 Å². The van der Waals surface area contributed by atoms with Gasteiger partial charge in [-0.3, -0.25) is 4.79 Å². The van der Waals surface area contributed by atoms with Crippen LogP contribution in [0.2, 0.25) is 0 Å². The van der Waals surface area contributed by atoms with Crippen molar-refractivity contribution in [1.82, 2.24) is 9.88 Å². The molecule has 4 rings (SSSR count). The predicted molar refractivity (Wildman–Crippen MR) is 104 cm³/mol. The zero-order valence-corrected chi connectivity index (χ0v) is 14.8. The average Bonchev–Trinajstić information content (AvgIpc) is 2.73. The van der Waals surface area contributed by atoms with Crippen LogP contribution in [-0.2, 0) is 4.79 Å². The van der Waals surface area contributed by atoms with Gasteiger partial charge in [-0.05, 0) is 35.7 Å². The predicted octanol–water partition coefficient (Wildman–Crippen LogP) is 3.19. The Balaban J connectivity index is 1.77. The zero-order chi connectivity index (χ0) is 17.9. The molecule has 1 aliphatic heterocycles. The number of piperazine rings is 1. The minimum absolute atomic E-state index is 0.728. The van der Waals surface area contributed by atoms with Crippen molar-refractivity contribution in [2.75, 3.05) is 38.2 Å².